The maximum Gasteiger partial charge on any atom is 0.0977 e. The lowest BCUT2D eigenvalue weighted by atomic mass is 10.1. The van der Waals surface area contributed by atoms with Gasteiger partial charge in [0.25, 0.3) is 0 Å². The third-order valence-corrected chi connectivity index (χ3v) is 2.89. The van der Waals surface area contributed by atoms with E-state index in [2.05, 4.69) is 5.10 Å². The quantitative estimate of drug-likeness (QED) is 0.780. The second-order valence-corrected chi connectivity index (χ2v) is 4.76. The van der Waals surface area contributed by atoms with E-state index in [1.807, 2.05) is 27.1 Å². The van der Waals surface area contributed by atoms with Crippen molar-refractivity contribution < 1.29 is 9.47 Å². The number of methoxy groups -OCH3 is 1. The fourth-order valence-corrected chi connectivity index (χ4v) is 1.46. The molecule has 0 aromatic carbocycles. The first kappa shape index (κ1) is 14.2. The average molecular weight is 241 g/mol. The molecule has 0 spiro atoms. The largest absolute Gasteiger partial charge is 0.379 e. The Morgan fingerprint density at radius 3 is 2.71 bits per heavy atom. The van der Waals surface area contributed by atoms with Crippen LogP contribution in [0.5, 0.6) is 0 Å². The molecule has 98 valence electrons. The summed E-state index contributed by atoms with van der Waals surface area (Å²) in [5, 5.41) is 4.11. The van der Waals surface area contributed by atoms with Crippen LogP contribution in [0.2, 0.25) is 0 Å². The van der Waals surface area contributed by atoms with Gasteiger partial charge in [-0.1, -0.05) is 0 Å². The van der Waals surface area contributed by atoms with Gasteiger partial charge in [0, 0.05) is 32.5 Å². The minimum absolute atomic E-state index is 0.0867. The molecule has 1 unspecified atom stereocenters. The number of nitrogens with zero attached hydrogens (tertiary/aromatic N) is 2. The van der Waals surface area contributed by atoms with Crippen LogP contribution < -0.4 is 5.73 Å². The van der Waals surface area contributed by atoms with E-state index in [0.29, 0.717) is 13.2 Å². The van der Waals surface area contributed by atoms with E-state index in [0.717, 1.165) is 12.0 Å². The maximum absolute atomic E-state index is 5.77. The Hall–Kier alpha value is -0.910. The molecule has 0 aliphatic heterocycles. The number of hydrogen-bond donors (Lipinski definition) is 1. The van der Waals surface area contributed by atoms with E-state index in [1.165, 1.54) is 0 Å². The molecule has 1 heterocycles. The van der Waals surface area contributed by atoms with Crippen molar-refractivity contribution in [2.45, 2.75) is 32.0 Å². The molecule has 1 aromatic rings. The van der Waals surface area contributed by atoms with E-state index < -0.39 is 0 Å². The minimum atomic E-state index is -0.159. The van der Waals surface area contributed by atoms with Crippen LogP contribution in [-0.4, -0.2) is 35.6 Å². The fraction of sp³-hybridized carbons (Fsp3) is 0.750. The lowest BCUT2D eigenvalue weighted by molar-refractivity contribution is -0.0257. The Labute approximate surface area is 103 Å². The highest BCUT2D eigenvalue weighted by molar-refractivity contribution is 5.08. The van der Waals surface area contributed by atoms with Gasteiger partial charge in [0.1, 0.15) is 0 Å². The third kappa shape index (κ3) is 4.46. The van der Waals surface area contributed by atoms with Gasteiger partial charge in [0.05, 0.1) is 24.5 Å². The molecule has 0 aliphatic rings. The monoisotopic (exact) mass is 241 g/mol. The Morgan fingerprint density at radius 2 is 2.24 bits per heavy atom. The summed E-state index contributed by atoms with van der Waals surface area (Å²) in [4.78, 5) is 0. The molecule has 0 fully saturated rings. The summed E-state index contributed by atoms with van der Waals surface area (Å²) in [5.41, 5.74) is 6.56. The number of aromatic nitrogens is 2. The zero-order valence-corrected chi connectivity index (χ0v) is 11.1. The summed E-state index contributed by atoms with van der Waals surface area (Å²) in [7, 11) is 3.59. The van der Waals surface area contributed by atoms with Gasteiger partial charge in [-0.3, -0.25) is 4.68 Å². The minimum Gasteiger partial charge on any atom is -0.379 e. The number of rotatable bonds is 7. The van der Waals surface area contributed by atoms with E-state index in [-0.39, 0.29) is 11.7 Å². The number of ether oxygens (including phenoxy) is 2. The first-order valence-electron chi connectivity index (χ1n) is 5.84. The van der Waals surface area contributed by atoms with Gasteiger partial charge in [0.2, 0.25) is 0 Å². The highest BCUT2D eigenvalue weighted by Crippen LogP contribution is 2.18. The molecule has 2 N–H and O–H groups in total. The number of hydrogen-bond acceptors (Lipinski definition) is 4. The Balaban J connectivity index is 2.43. The van der Waals surface area contributed by atoms with E-state index in [1.54, 1.807) is 18.0 Å². The van der Waals surface area contributed by atoms with Crippen molar-refractivity contribution in [3.8, 4) is 0 Å². The van der Waals surface area contributed by atoms with E-state index >= 15 is 0 Å². The molecule has 0 saturated heterocycles. The van der Waals surface area contributed by atoms with Gasteiger partial charge >= 0.3 is 0 Å². The van der Waals surface area contributed by atoms with E-state index in [4.69, 9.17) is 15.2 Å². The molecule has 1 rings (SSSR count). The number of nitrogens with two attached hydrogens (primary N) is 1. The summed E-state index contributed by atoms with van der Waals surface area (Å²) < 4.78 is 12.9. The van der Waals surface area contributed by atoms with Gasteiger partial charge in [-0.25, -0.2) is 0 Å². The van der Waals surface area contributed by atoms with Crippen molar-refractivity contribution in [1.29, 1.82) is 0 Å². The summed E-state index contributed by atoms with van der Waals surface area (Å²) in [6.07, 6.45) is 4.47. The van der Waals surface area contributed by atoms with Crippen LogP contribution in [-0.2, 0) is 16.5 Å². The molecule has 1 aromatic heterocycles. The summed E-state index contributed by atoms with van der Waals surface area (Å²) >= 11 is 0. The Morgan fingerprint density at radius 1 is 1.53 bits per heavy atom. The maximum atomic E-state index is 5.77. The van der Waals surface area contributed by atoms with Gasteiger partial charge in [-0.15, -0.1) is 0 Å². The second kappa shape index (κ2) is 6.14. The molecule has 0 radical (unpaired) electrons. The highest BCUT2D eigenvalue weighted by Gasteiger charge is 2.18. The van der Waals surface area contributed by atoms with Crippen LogP contribution in [0.1, 0.15) is 31.9 Å². The third-order valence-electron chi connectivity index (χ3n) is 2.89. The molecule has 17 heavy (non-hydrogen) atoms. The summed E-state index contributed by atoms with van der Waals surface area (Å²) in [6, 6.07) is 0. The van der Waals surface area contributed by atoms with Crippen molar-refractivity contribution in [3.05, 3.63) is 18.0 Å². The van der Waals surface area contributed by atoms with Crippen molar-refractivity contribution in [3.63, 3.8) is 0 Å². The van der Waals surface area contributed by atoms with Crippen LogP contribution >= 0.6 is 0 Å². The van der Waals surface area contributed by atoms with Crippen molar-refractivity contribution in [2.24, 2.45) is 12.8 Å². The van der Waals surface area contributed by atoms with Crippen LogP contribution in [0.3, 0.4) is 0 Å². The summed E-state index contributed by atoms with van der Waals surface area (Å²) in [6.45, 7) is 5.16. The van der Waals surface area contributed by atoms with Gasteiger partial charge in [-0.2, -0.15) is 5.10 Å². The van der Waals surface area contributed by atoms with Crippen LogP contribution in [0, 0.1) is 0 Å². The lowest BCUT2D eigenvalue weighted by Crippen LogP contribution is -2.26. The van der Waals surface area contributed by atoms with Crippen molar-refractivity contribution in [2.75, 3.05) is 20.3 Å². The molecule has 5 heteroatoms. The fourth-order valence-electron chi connectivity index (χ4n) is 1.46. The smallest absolute Gasteiger partial charge is 0.0977 e. The highest BCUT2D eigenvalue weighted by atomic mass is 16.5. The van der Waals surface area contributed by atoms with Crippen LogP contribution in [0.15, 0.2) is 12.4 Å². The summed E-state index contributed by atoms with van der Waals surface area (Å²) in [5.74, 6) is 0. The second-order valence-electron chi connectivity index (χ2n) is 4.76. The standard InChI is InChI=1S/C12H23N3O2/c1-12(2,16-4)5-6-17-11(7-13)10-8-14-15(3)9-10/h8-9,11H,5-7,13H2,1-4H3. The van der Waals surface area contributed by atoms with E-state index in [9.17, 15) is 0 Å². The van der Waals surface area contributed by atoms with Crippen LogP contribution in [0.25, 0.3) is 0 Å². The molecule has 0 saturated carbocycles. The predicted molar refractivity (Wildman–Crippen MR) is 66.7 cm³/mol. The Bertz CT molecular complexity index is 336. The lowest BCUT2D eigenvalue weighted by Gasteiger charge is -2.24. The molecular formula is C12H23N3O2. The molecular weight excluding hydrogens is 218 g/mol. The normalized spacial score (nSPS) is 13.9. The van der Waals surface area contributed by atoms with Gasteiger partial charge in [0.15, 0.2) is 0 Å². The molecule has 0 aliphatic carbocycles. The number of aryl methyl sites for hydroxylation is 1. The topological polar surface area (TPSA) is 62.3 Å². The molecule has 1 atom stereocenters. The molecule has 0 amide bonds. The Kier molecular flexibility index (Phi) is 5.11. The SMILES string of the molecule is COC(C)(C)CCOC(CN)c1cnn(C)c1. The van der Waals surface area contributed by atoms with Crippen molar-refractivity contribution >= 4 is 0 Å². The first-order chi connectivity index (χ1) is 7.98. The molecule has 0 bridgehead atoms. The van der Waals surface area contributed by atoms with Gasteiger partial charge < -0.3 is 15.2 Å². The average Bonchev–Trinajstić information content (AvgIpc) is 2.71. The zero-order chi connectivity index (χ0) is 12.9. The molecule has 5 nitrogen and oxygen atoms in total. The first-order valence-corrected chi connectivity index (χ1v) is 5.84. The van der Waals surface area contributed by atoms with Crippen molar-refractivity contribution in [1.82, 2.24) is 9.78 Å². The van der Waals surface area contributed by atoms with Crippen LogP contribution in [0.4, 0.5) is 0 Å². The predicted octanol–water partition coefficient (Wildman–Crippen LogP) is 1.25. The zero-order valence-electron chi connectivity index (χ0n) is 11.1. The van der Waals surface area contributed by atoms with Gasteiger partial charge in [-0.05, 0) is 20.3 Å².